The average Bonchev–Trinajstić information content (AvgIpc) is 3.26. The fourth-order valence-electron chi connectivity index (χ4n) is 4.74. The van der Waals surface area contributed by atoms with Crippen LogP contribution in [-0.4, -0.2) is 43.2 Å². The van der Waals surface area contributed by atoms with E-state index in [0.29, 0.717) is 25.3 Å². The standard InChI is InChI=1S/C25H29F3N2O3/c1-32-22-15-19(25(26,27)28)11-10-18(22)16-29-20-12-13-30(23(20)17-7-3-2-4-8-17)24(31)21-9-5-6-14-33-21/h2-4,7-8,10-11,15,20-21,23,29H,5-6,9,12-14,16H2,1H3/t20?,21-,23?/m1/s1. The molecule has 0 saturated carbocycles. The fraction of sp³-hybridized carbons (Fsp3) is 0.480. The highest BCUT2D eigenvalue weighted by Crippen LogP contribution is 2.36. The zero-order valence-corrected chi connectivity index (χ0v) is 18.6. The number of ether oxygens (including phenoxy) is 2. The number of likely N-dealkylation sites (tertiary alicyclic amines) is 1. The number of carbonyl (C=O) groups is 1. The van der Waals surface area contributed by atoms with Crippen molar-refractivity contribution in [2.45, 2.75) is 56.6 Å². The highest BCUT2D eigenvalue weighted by atomic mass is 19.4. The van der Waals surface area contributed by atoms with E-state index in [4.69, 9.17) is 9.47 Å². The molecule has 2 fully saturated rings. The smallest absolute Gasteiger partial charge is 0.416 e. The predicted molar refractivity (Wildman–Crippen MR) is 118 cm³/mol. The number of hydrogen-bond donors (Lipinski definition) is 1. The van der Waals surface area contributed by atoms with Crippen LogP contribution in [0.25, 0.3) is 0 Å². The molecule has 2 aromatic rings. The molecule has 0 radical (unpaired) electrons. The lowest BCUT2D eigenvalue weighted by Gasteiger charge is -2.33. The molecule has 2 aromatic carbocycles. The first-order valence-corrected chi connectivity index (χ1v) is 11.3. The summed E-state index contributed by atoms with van der Waals surface area (Å²) in [5.74, 6) is 0.204. The number of amides is 1. The maximum absolute atomic E-state index is 13.3. The van der Waals surface area contributed by atoms with Gasteiger partial charge in [0.2, 0.25) is 0 Å². The highest BCUT2D eigenvalue weighted by molar-refractivity contribution is 5.82. The van der Waals surface area contributed by atoms with Crippen molar-refractivity contribution in [3.63, 3.8) is 0 Å². The second-order valence-corrected chi connectivity index (χ2v) is 8.54. The molecule has 0 aromatic heterocycles. The number of nitrogens with zero attached hydrogens (tertiary/aromatic N) is 1. The van der Waals surface area contributed by atoms with Crippen LogP contribution < -0.4 is 10.1 Å². The molecular formula is C25H29F3N2O3. The van der Waals surface area contributed by atoms with Crippen LogP contribution in [-0.2, 0) is 22.3 Å². The van der Waals surface area contributed by atoms with E-state index in [1.165, 1.54) is 13.2 Å². The van der Waals surface area contributed by atoms with Crippen LogP contribution in [0.5, 0.6) is 5.75 Å². The molecule has 178 valence electrons. The van der Waals surface area contributed by atoms with Gasteiger partial charge in [-0.2, -0.15) is 13.2 Å². The summed E-state index contributed by atoms with van der Waals surface area (Å²) in [6.45, 7) is 1.53. The largest absolute Gasteiger partial charge is 0.496 e. The van der Waals surface area contributed by atoms with Gasteiger partial charge in [-0.25, -0.2) is 0 Å². The number of hydrogen-bond acceptors (Lipinski definition) is 4. The van der Waals surface area contributed by atoms with Crippen molar-refractivity contribution in [1.82, 2.24) is 10.2 Å². The first-order valence-electron chi connectivity index (χ1n) is 11.3. The lowest BCUT2D eigenvalue weighted by atomic mass is 9.98. The Kier molecular flexibility index (Phi) is 7.24. The minimum absolute atomic E-state index is 0.0139. The van der Waals surface area contributed by atoms with Crippen molar-refractivity contribution in [3.8, 4) is 5.75 Å². The number of rotatable bonds is 6. The van der Waals surface area contributed by atoms with Gasteiger partial charge in [0.05, 0.1) is 18.7 Å². The predicted octanol–water partition coefficient (Wildman–Crippen LogP) is 4.71. The minimum Gasteiger partial charge on any atom is -0.496 e. The van der Waals surface area contributed by atoms with Gasteiger partial charge in [-0.3, -0.25) is 4.79 Å². The number of halogens is 3. The Labute approximate surface area is 191 Å². The molecule has 2 heterocycles. The lowest BCUT2D eigenvalue weighted by Crippen LogP contribution is -2.44. The van der Waals surface area contributed by atoms with Crippen LogP contribution >= 0.6 is 0 Å². The van der Waals surface area contributed by atoms with Gasteiger partial charge < -0.3 is 19.7 Å². The number of methoxy groups -OCH3 is 1. The van der Waals surface area contributed by atoms with Crippen LogP contribution in [0, 0.1) is 0 Å². The number of nitrogens with one attached hydrogen (secondary N) is 1. The van der Waals surface area contributed by atoms with Gasteiger partial charge >= 0.3 is 6.18 Å². The average molecular weight is 463 g/mol. The normalized spacial score (nSPS) is 23.5. The zero-order valence-electron chi connectivity index (χ0n) is 18.6. The Morgan fingerprint density at radius 3 is 2.61 bits per heavy atom. The number of alkyl halides is 3. The first kappa shape index (κ1) is 23.6. The zero-order chi connectivity index (χ0) is 23.4. The van der Waals surface area contributed by atoms with Crippen molar-refractivity contribution in [2.75, 3.05) is 20.3 Å². The van der Waals surface area contributed by atoms with E-state index in [0.717, 1.165) is 43.4 Å². The Balaban J connectivity index is 1.52. The van der Waals surface area contributed by atoms with Gasteiger partial charge in [0.1, 0.15) is 11.9 Å². The van der Waals surface area contributed by atoms with Crippen molar-refractivity contribution < 1.29 is 27.4 Å². The molecule has 8 heteroatoms. The summed E-state index contributed by atoms with van der Waals surface area (Å²) < 4.78 is 50.2. The molecule has 5 nitrogen and oxygen atoms in total. The molecule has 0 bridgehead atoms. The van der Waals surface area contributed by atoms with E-state index in [1.54, 1.807) is 0 Å². The van der Waals surface area contributed by atoms with Crippen LogP contribution in [0.3, 0.4) is 0 Å². The van der Waals surface area contributed by atoms with Crippen molar-refractivity contribution in [2.24, 2.45) is 0 Å². The van der Waals surface area contributed by atoms with Crippen molar-refractivity contribution >= 4 is 5.91 Å². The topological polar surface area (TPSA) is 50.8 Å². The van der Waals surface area contributed by atoms with Gasteiger partial charge in [-0.15, -0.1) is 0 Å². The third-order valence-corrected chi connectivity index (χ3v) is 6.45. The van der Waals surface area contributed by atoms with E-state index in [2.05, 4.69) is 5.32 Å². The fourth-order valence-corrected chi connectivity index (χ4v) is 4.74. The summed E-state index contributed by atoms with van der Waals surface area (Å²) in [6.07, 6.45) is -1.40. The first-order chi connectivity index (χ1) is 15.9. The molecule has 33 heavy (non-hydrogen) atoms. The molecule has 1 N–H and O–H groups in total. The molecule has 2 unspecified atom stereocenters. The van der Waals surface area contributed by atoms with E-state index in [9.17, 15) is 18.0 Å². The maximum atomic E-state index is 13.3. The van der Waals surface area contributed by atoms with Crippen LogP contribution in [0.2, 0.25) is 0 Å². The summed E-state index contributed by atoms with van der Waals surface area (Å²) in [6, 6.07) is 13.2. The Hall–Kier alpha value is -2.58. The monoisotopic (exact) mass is 462 g/mol. The van der Waals surface area contributed by atoms with Crippen LogP contribution in [0.4, 0.5) is 13.2 Å². The summed E-state index contributed by atoms with van der Waals surface area (Å²) in [7, 11) is 1.37. The third-order valence-electron chi connectivity index (χ3n) is 6.45. The van der Waals surface area contributed by atoms with Gasteiger partial charge in [0.15, 0.2) is 0 Å². The summed E-state index contributed by atoms with van der Waals surface area (Å²) >= 11 is 0. The number of carbonyl (C=O) groups excluding carboxylic acids is 1. The molecule has 2 aliphatic rings. The molecule has 3 atom stereocenters. The van der Waals surface area contributed by atoms with Crippen molar-refractivity contribution in [1.29, 1.82) is 0 Å². The summed E-state index contributed by atoms with van der Waals surface area (Å²) in [5.41, 5.74) is 0.920. The Morgan fingerprint density at radius 1 is 1.15 bits per heavy atom. The highest BCUT2D eigenvalue weighted by Gasteiger charge is 2.41. The second-order valence-electron chi connectivity index (χ2n) is 8.54. The third kappa shape index (κ3) is 5.33. The van der Waals surface area contributed by atoms with E-state index >= 15 is 0 Å². The quantitative estimate of drug-likeness (QED) is 0.675. The Bertz CT molecular complexity index is 946. The molecule has 1 amide bonds. The SMILES string of the molecule is COc1cc(C(F)(F)F)ccc1CNC1CCN(C(=O)[C@H]2CCCCO2)C1c1ccccc1. The van der Waals surface area contributed by atoms with Crippen LogP contribution in [0.1, 0.15) is 48.4 Å². The molecule has 2 aliphatic heterocycles. The van der Waals surface area contributed by atoms with E-state index in [-0.39, 0.29) is 23.7 Å². The van der Waals surface area contributed by atoms with Crippen LogP contribution in [0.15, 0.2) is 48.5 Å². The minimum atomic E-state index is -4.43. The molecule has 0 spiro atoms. The molecule has 2 saturated heterocycles. The molecule has 4 rings (SSSR count). The lowest BCUT2D eigenvalue weighted by molar-refractivity contribution is -0.147. The Morgan fingerprint density at radius 2 is 1.94 bits per heavy atom. The van der Waals surface area contributed by atoms with Crippen molar-refractivity contribution in [3.05, 3.63) is 65.2 Å². The van der Waals surface area contributed by atoms with Gasteiger partial charge in [-0.1, -0.05) is 36.4 Å². The summed E-state index contributed by atoms with van der Waals surface area (Å²) in [4.78, 5) is 15.2. The summed E-state index contributed by atoms with van der Waals surface area (Å²) in [5, 5.41) is 3.47. The molecular weight excluding hydrogens is 433 g/mol. The van der Waals surface area contributed by atoms with E-state index in [1.807, 2.05) is 35.2 Å². The van der Waals surface area contributed by atoms with Gasteiger partial charge in [-0.05, 0) is 43.4 Å². The number of benzene rings is 2. The second kappa shape index (κ2) is 10.1. The maximum Gasteiger partial charge on any atom is 0.416 e. The molecule has 0 aliphatic carbocycles. The van der Waals surface area contributed by atoms with E-state index < -0.39 is 17.8 Å². The van der Waals surface area contributed by atoms with Gasteiger partial charge in [0.25, 0.3) is 5.91 Å². The van der Waals surface area contributed by atoms with Gasteiger partial charge in [0, 0.05) is 31.3 Å².